The lowest BCUT2D eigenvalue weighted by Crippen LogP contribution is -2.29. The normalized spacial score (nSPS) is 20.3. The molecule has 2 rings (SSSR count). The molecule has 0 radical (unpaired) electrons. The third-order valence-corrected chi connectivity index (χ3v) is 5.05. The molecule has 8 heteroatoms. The molecule has 0 unspecified atom stereocenters. The number of carbonyl (C=O) groups is 1. The first-order valence-electron chi connectivity index (χ1n) is 9.68. The molecule has 0 aromatic heterocycles. The third kappa shape index (κ3) is 6.37. The second-order valence-corrected chi connectivity index (χ2v) is 7.35. The molecule has 0 bridgehead atoms. The second-order valence-electron chi connectivity index (χ2n) is 7.35. The van der Waals surface area contributed by atoms with Crippen LogP contribution in [-0.4, -0.2) is 52.1 Å². The maximum absolute atomic E-state index is 12.5. The average molecular weight is 417 g/mol. The molecule has 1 aliphatic heterocycles. The van der Waals surface area contributed by atoms with Gasteiger partial charge in [0.1, 0.15) is 12.2 Å². The van der Waals surface area contributed by atoms with Gasteiger partial charge in [0.25, 0.3) is 5.69 Å². The van der Waals surface area contributed by atoms with Crippen LogP contribution in [0.4, 0.5) is 5.69 Å². The van der Waals surface area contributed by atoms with Gasteiger partial charge < -0.3 is 19.7 Å². The fraction of sp³-hybridized carbons (Fsp3) is 0.455. The Balaban J connectivity index is 2.01. The topological polar surface area (TPSA) is 119 Å². The van der Waals surface area contributed by atoms with Crippen LogP contribution >= 0.6 is 0 Å². The summed E-state index contributed by atoms with van der Waals surface area (Å²) in [6.45, 7) is 9.04. The van der Waals surface area contributed by atoms with E-state index in [1.165, 1.54) is 24.3 Å². The lowest BCUT2D eigenvalue weighted by atomic mass is 9.99. The van der Waals surface area contributed by atoms with E-state index in [1.807, 2.05) is 6.92 Å². The molecule has 0 saturated carbocycles. The fourth-order valence-electron chi connectivity index (χ4n) is 3.25. The van der Waals surface area contributed by atoms with Crippen LogP contribution in [0.3, 0.4) is 0 Å². The van der Waals surface area contributed by atoms with Crippen molar-refractivity contribution < 1.29 is 29.4 Å². The number of nitro benzene ring substituents is 1. The maximum Gasteiger partial charge on any atom is 0.338 e. The van der Waals surface area contributed by atoms with Gasteiger partial charge in [-0.3, -0.25) is 10.1 Å². The number of carbonyl (C=O) groups excluding carboxylic acids is 1. The van der Waals surface area contributed by atoms with Crippen LogP contribution in [0.2, 0.25) is 0 Å². The Hall–Kier alpha value is -2.77. The molecule has 162 valence electrons. The van der Waals surface area contributed by atoms with Crippen LogP contribution in [0.1, 0.15) is 43.0 Å². The molecule has 1 aromatic rings. The minimum atomic E-state index is -0.964. The number of esters is 1. The van der Waals surface area contributed by atoms with Gasteiger partial charge in [0.2, 0.25) is 0 Å². The van der Waals surface area contributed by atoms with E-state index in [9.17, 15) is 20.0 Å². The molecule has 2 N–H and O–H groups in total. The largest absolute Gasteiger partial charge is 0.458 e. The van der Waals surface area contributed by atoms with Gasteiger partial charge in [-0.1, -0.05) is 13.2 Å². The van der Waals surface area contributed by atoms with E-state index >= 15 is 0 Å². The Morgan fingerprint density at radius 1 is 1.43 bits per heavy atom. The summed E-state index contributed by atoms with van der Waals surface area (Å²) in [5.74, 6) is -0.577. The van der Waals surface area contributed by atoms with Crippen LogP contribution in [0, 0.1) is 10.1 Å². The van der Waals surface area contributed by atoms with Gasteiger partial charge in [0.15, 0.2) is 0 Å². The summed E-state index contributed by atoms with van der Waals surface area (Å²) < 4.78 is 11.4. The van der Waals surface area contributed by atoms with Crippen LogP contribution in [-0.2, 0) is 9.47 Å². The highest BCUT2D eigenvalue weighted by Crippen LogP contribution is 2.30. The smallest absolute Gasteiger partial charge is 0.338 e. The van der Waals surface area contributed by atoms with Crippen molar-refractivity contribution in [2.75, 3.05) is 6.61 Å². The maximum atomic E-state index is 12.5. The molecule has 30 heavy (non-hydrogen) atoms. The Morgan fingerprint density at radius 2 is 2.10 bits per heavy atom. The van der Waals surface area contributed by atoms with E-state index in [0.29, 0.717) is 25.7 Å². The SMILES string of the molecule is C=C=C(C)C[C@H](CC[C@@H]1O[C@@H]([C@H](O)CO)CC1=C)OC(=O)c1ccc([N+](=O)[O-])cc1. The minimum absolute atomic E-state index is 0.106. The summed E-state index contributed by atoms with van der Waals surface area (Å²) in [5, 5.41) is 29.6. The lowest BCUT2D eigenvalue weighted by molar-refractivity contribution is -0.384. The van der Waals surface area contributed by atoms with E-state index in [4.69, 9.17) is 14.6 Å². The predicted molar refractivity (Wildman–Crippen MR) is 110 cm³/mol. The van der Waals surface area contributed by atoms with E-state index < -0.39 is 29.2 Å². The molecule has 0 aliphatic carbocycles. The van der Waals surface area contributed by atoms with Gasteiger partial charge in [-0.05, 0) is 49.5 Å². The van der Waals surface area contributed by atoms with Gasteiger partial charge in [-0.2, -0.15) is 0 Å². The standard InChI is InChI=1S/C22H27NO7/c1-4-14(2)11-18(9-10-20-15(3)12-21(30-20)19(25)13-24)29-22(26)16-5-7-17(8-6-16)23(27)28/h5-8,18-21,24-25H,1,3,9-13H2,2H3/t18-,19+,20-,21+/m0/s1. The molecule has 8 nitrogen and oxygen atoms in total. The van der Waals surface area contributed by atoms with Crippen molar-refractivity contribution in [3.8, 4) is 0 Å². The third-order valence-electron chi connectivity index (χ3n) is 5.05. The second kappa shape index (κ2) is 10.8. The molecule has 4 atom stereocenters. The van der Waals surface area contributed by atoms with Gasteiger partial charge in [0.05, 0.1) is 29.3 Å². The number of ether oxygens (including phenoxy) is 2. The molecule has 1 fully saturated rings. The first-order valence-corrected chi connectivity index (χ1v) is 9.68. The van der Waals surface area contributed by atoms with Crippen molar-refractivity contribution in [2.24, 2.45) is 0 Å². The Morgan fingerprint density at radius 3 is 2.67 bits per heavy atom. The number of aliphatic hydroxyl groups excluding tert-OH is 2. The number of hydrogen-bond donors (Lipinski definition) is 2. The number of nitro groups is 1. The lowest BCUT2D eigenvalue weighted by Gasteiger charge is -2.21. The van der Waals surface area contributed by atoms with Gasteiger partial charge in [-0.15, -0.1) is 5.73 Å². The quantitative estimate of drug-likeness (QED) is 0.197. The van der Waals surface area contributed by atoms with Crippen molar-refractivity contribution in [3.05, 3.63) is 70.0 Å². The number of aliphatic hydroxyl groups is 2. The van der Waals surface area contributed by atoms with Crippen molar-refractivity contribution in [2.45, 2.75) is 57.0 Å². The van der Waals surface area contributed by atoms with Crippen molar-refractivity contribution in [1.29, 1.82) is 0 Å². The van der Waals surface area contributed by atoms with Crippen LogP contribution in [0.5, 0.6) is 0 Å². The molecule has 0 spiro atoms. The van der Waals surface area contributed by atoms with Crippen LogP contribution in [0.15, 0.2) is 54.3 Å². The number of nitrogens with zero attached hydrogens (tertiary/aromatic N) is 1. The zero-order chi connectivity index (χ0) is 22.3. The summed E-state index contributed by atoms with van der Waals surface area (Å²) in [6, 6.07) is 5.22. The minimum Gasteiger partial charge on any atom is -0.458 e. The van der Waals surface area contributed by atoms with E-state index in [2.05, 4.69) is 18.9 Å². The molecule has 0 amide bonds. The summed E-state index contributed by atoms with van der Waals surface area (Å²) in [7, 11) is 0. The Kier molecular flexibility index (Phi) is 8.50. The monoisotopic (exact) mass is 417 g/mol. The summed E-state index contributed by atoms with van der Waals surface area (Å²) in [5.41, 5.74) is 4.55. The molecular weight excluding hydrogens is 390 g/mol. The summed E-state index contributed by atoms with van der Waals surface area (Å²) >= 11 is 0. The highest BCUT2D eigenvalue weighted by atomic mass is 16.6. The summed E-state index contributed by atoms with van der Waals surface area (Å²) in [4.78, 5) is 22.7. The van der Waals surface area contributed by atoms with Gasteiger partial charge >= 0.3 is 5.97 Å². The fourth-order valence-corrected chi connectivity index (χ4v) is 3.25. The first kappa shape index (κ1) is 23.5. The van der Waals surface area contributed by atoms with Crippen molar-refractivity contribution in [3.63, 3.8) is 0 Å². The molecule has 1 saturated heterocycles. The highest BCUT2D eigenvalue weighted by Gasteiger charge is 2.33. The van der Waals surface area contributed by atoms with Crippen molar-refractivity contribution >= 4 is 11.7 Å². The van der Waals surface area contributed by atoms with Crippen molar-refractivity contribution in [1.82, 2.24) is 0 Å². The first-order chi connectivity index (χ1) is 14.2. The van der Waals surface area contributed by atoms with E-state index in [1.54, 1.807) is 0 Å². The molecule has 1 heterocycles. The average Bonchev–Trinajstić information content (AvgIpc) is 3.11. The predicted octanol–water partition coefficient (Wildman–Crippen LogP) is 3.09. The molecular formula is C22H27NO7. The number of non-ortho nitro benzene ring substituents is 1. The zero-order valence-electron chi connectivity index (χ0n) is 17.0. The van der Waals surface area contributed by atoms with Gasteiger partial charge in [-0.25, -0.2) is 4.79 Å². The molecule has 1 aromatic carbocycles. The van der Waals surface area contributed by atoms with Crippen LogP contribution < -0.4 is 0 Å². The Labute approximate surface area is 175 Å². The Bertz CT molecular complexity index is 826. The summed E-state index contributed by atoms with van der Waals surface area (Å²) in [6.07, 6.45) is -0.337. The number of benzene rings is 1. The number of rotatable bonds is 10. The highest BCUT2D eigenvalue weighted by molar-refractivity contribution is 5.89. The van der Waals surface area contributed by atoms with Gasteiger partial charge in [0, 0.05) is 18.6 Å². The number of hydrogen-bond acceptors (Lipinski definition) is 7. The molecule has 1 aliphatic rings. The zero-order valence-corrected chi connectivity index (χ0v) is 17.0. The van der Waals surface area contributed by atoms with E-state index in [0.717, 1.165) is 11.1 Å². The van der Waals surface area contributed by atoms with E-state index in [-0.39, 0.29) is 24.0 Å². The van der Waals surface area contributed by atoms with Crippen LogP contribution in [0.25, 0.3) is 0 Å².